The highest BCUT2D eigenvalue weighted by molar-refractivity contribution is 5.98. The Bertz CT molecular complexity index is 1930. The van der Waals surface area contributed by atoms with Crippen molar-refractivity contribution in [3.05, 3.63) is 138 Å². The zero-order valence-corrected chi connectivity index (χ0v) is 30.8. The van der Waals surface area contributed by atoms with E-state index in [2.05, 4.69) is 27.5 Å². The number of carboxylic acid groups (broad SMARTS) is 1. The number of rotatable bonds is 19. The summed E-state index contributed by atoms with van der Waals surface area (Å²) in [5.41, 5.74) is 5.05. The second-order valence-corrected chi connectivity index (χ2v) is 13.2. The van der Waals surface area contributed by atoms with Gasteiger partial charge in [0, 0.05) is 35.5 Å². The first kappa shape index (κ1) is 39.3. The van der Waals surface area contributed by atoms with Gasteiger partial charge in [-0.2, -0.15) is 0 Å². The zero-order chi connectivity index (χ0) is 38.3. The normalized spacial score (nSPS) is 12.6. The Balaban J connectivity index is 1.26. The number of nitrogens with one attached hydrogen (secondary N) is 2. The van der Waals surface area contributed by atoms with E-state index in [1.165, 1.54) is 25.7 Å². The Morgan fingerprint density at radius 2 is 1.33 bits per heavy atom. The van der Waals surface area contributed by atoms with E-state index in [1.807, 2.05) is 67.6 Å². The fraction of sp³-hybridized carbons (Fsp3) is 0.295. The van der Waals surface area contributed by atoms with Crippen molar-refractivity contribution >= 4 is 17.8 Å². The lowest BCUT2D eigenvalue weighted by molar-refractivity contribution is -0.145. The van der Waals surface area contributed by atoms with Crippen molar-refractivity contribution in [3.63, 3.8) is 0 Å². The van der Waals surface area contributed by atoms with Crippen molar-refractivity contribution < 1.29 is 29.3 Å². The van der Waals surface area contributed by atoms with Gasteiger partial charge in [0.1, 0.15) is 17.9 Å². The lowest BCUT2D eigenvalue weighted by Crippen LogP contribution is -2.54. The number of aromatic nitrogens is 2. The molecule has 0 radical (unpaired) electrons. The Hall–Kier alpha value is -5.87. The molecular formula is C44H48N4O6. The lowest BCUT2D eigenvalue weighted by atomic mass is 10.00. The molecule has 2 amide bonds. The van der Waals surface area contributed by atoms with Gasteiger partial charge in [0.05, 0.1) is 6.61 Å². The maximum atomic E-state index is 13.7. The monoisotopic (exact) mass is 728 g/mol. The van der Waals surface area contributed by atoms with Crippen LogP contribution in [0.3, 0.4) is 0 Å². The van der Waals surface area contributed by atoms with Crippen LogP contribution in [0.15, 0.2) is 116 Å². The lowest BCUT2D eigenvalue weighted by Gasteiger charge is -2.25. The molecule has 5 aromatic rings. The molecule has 54 heavy (non-hydrogen) atoms. The molecule has 3 atom stereocenters. The highest BCUT2D eigenvalue weighted by Crippen LogP contribution is 2.24. The smallest absolute Gasteiger partial charge is 0.329 e. The van der Waals surface area contributed by atoms with Gasteiger partial charge in [0.2, 0.25) is 5.91 Å². The number of benzene rings is 4. The summed E-state index contributed by atoms with van der Waals surface area (Å²) < 4.78 is 5.89. The van der Waals surface area contributed by atoms with Gasteiger partial charge in [0.15, 0.2) is 11.9 Å². The van der Waals surface area contributed by atoms with Crippen LogP contribution in [0.1, 0.15) is 79.1 Å². The molecule has 0 aliphatic heterocycles. The minimum absolute atomic E-state index is 0.0526. The van der Waals surface area contributed by atoms with Gasteiger partial charge < -0.3 is 25.6 Å². The SMILES string of the molecule is CCCCCCCOc1ccc(-c2cnc(-c3ccc(C[C@H](NC(=O)c4ccc(CC)cc4)C(=O)NC(C(=O)O)C(O)c4ccccc4)cc3)nc2)cc1. The highest BCUT2D eigenvalue weighted by Gasteiger charge is 2.32. The second kappa shape index (κ2) is 19.8. The Kier molecular flexibility index (Phi) is 14.4. The number of amides is 2. The third-order valence-electron chi connectivity index (χ3n) is 9.27. The van der Waals surface area contributed by atoms with Crippen LogP contribution in [0.4, 0.5) is 0 Å². The van der Waals surface area contributed by atoms with E-state index < -0.39 is 36.0 Å². The number of carbonyl (C=O) groups is 3. The number of ether oxygens (including phenoxy) is 1. The van der Waals surface area contributed by atoms with E-state index in [0.29, 0.717) is 29.1 Å². The van der Waals surface area contributed by atoms with Crippen LogP contribution in [-0.2, 0) is 22.4 Å². The average Bonchev–Trinajstić information content (AvgIpc) is 3.21. The van der Waals surface area contributed by atoms with Crippen molar-refractivity contribution in [1.82, 2.24) is 20.6 Å². The van der Waals surface area contributed by atoms with Crippen LogP contribution in [0.5, 0.6) is 5.75 Å². The summed E-state index contributed by atoms with van der Waals surface area (Å²) in [7, 11) is 0. The first-order valence-electron chi connectivity index (χ1n) is 18.6. The minimum Gasteiger partial charge on any atom is -0.494 e. The van der Waals surface area contributed by atoms with Crippen molar-refractivity contribution in [2.45, 2.75) is 77.0 Å². The summed E-state index contributed by atoms with van der Waals surface area (Å²) in [6.07, 6.45) is 8.84. The molecule has 0 spiro atoms. The van der Waals surface area contributed by atoms with E-state index in [9.17, 15) is 24.6 Å². The number of hydrogen-bond donors (Lipinski definition) is 4. The summed E-state index contributed by atoms with van der Waals surface area (Å²) in [4.78, 5) is 48.4. The van der Waals surface area contributed by atoms with Crippen LogP contribution < -0.4 is 15.4 Å². The average molecular weight is 729 g/mol. The Morgan fingerprint density at radius 1 is 0.704 bits per heavy atom. The molecule has 0 aliphatic carbocycles. The standard InChI is InChI=1S/C44H48N4O6/c1-3-5-6-7-11-26-54-37-24-22-32(23-25-37)36-28-45-41(46-29-36)34-18-16-31(17-19-34)27-38(47-42(50)35-20-14-30(4-2)15-21-35)43(51)48-39(44(52)53)40(49)33-12-9-8-10-13-33/h8-10,12-25,28-29,38-40,49H,3-7,11,26-27H2,1-2H3,(H,47,50)(H,48,51)(H,52,53)/t38-,39?,40?/m0/s1. The van der Waals surface area contributed by atoms with E-state index in [0.717, 1.165) is 40.8 Å². The van der Waals surface area contributed by atoms with Crippen molar-refractivity contribution in [3.8, 4) is 28.3 Å². The zero-order valence-electron chi connectivity index (χ0n) is 30.8. The molecule has 0 saturated carbocycles. The summed E-state index contributed by atoms with van der Waals surface area (Å²) in [5, 5.41) is 26.0. The third kappa shape index (κ3) is 11.1. The van der Waals surface area contributed by atoms with Gasteiger partial charge in [-0.25, -0.2) is 14.8 Å². The van der Waals surface area contributed by atoms with Crippen LogP contribution in [-0.4, -0.2) is 56.7 Å². The van der Waals surface area contributed by atoms with Crippen molar-refractivity contribution in [2.75, 3.05) is 6.61 Å². The predicted octanol–water partition coefficient (Wildman–Crippen LogP) is 7.37. The van der Waals surface area contributed by atoms with Crippen molar-refractivity contribution in [2.24, 2.45) is 0 Å². The van der Waals surface area contributed by atoms with Gasteiger partial charge >= 0.3 is 5.97 Å². The van der Waals surface area contributed by atoms with Gasteiger partial charge in [-0.1, -0.05) is 118 Å². The molecule has 2 unspecified atom stereocenters. The molecule has 4 N–H and O–H groups in total. The maximum absolute atomic E-state index is 13.7. The van der Waals surface area contributed by atoms with E-state index in [-0.39, 0.29) is 6.42 Å². The number of aliphatic carboxylic acids is 1. The molecule has 280 valence electrons. The first-order valence-corrected chi connectivity index (χ1v) is 18.6. The molecule has 10 nitrogen and oxygen atoms in total. The van der Waals surface area contributed by atoms with Crippen LogP contribution in [0.2, 0.25) is 0 Å². The third-order valence-corrected chi connectivity index (χ3v) is 9.27. The summed E-state index contributed by atoms with van der Waals surface area (Å²) in [5.74, 6) is -1.29. The quantitative estimate of drug-likeness (QED) is 0.0644. The number of carbonyl (C=O) groups excluding carboxylic acids is 2. The fourth-order valence-electron chi connectivity index (χ4n) is 6.01. The fourth-order valence-corrected chi connectivity index (χ4v) is 6.01. The number of hydrogen-bond acceptors (Lipinski definition) is 7. The molecule has 0 bridgehead atoms. The number of aliphatic hydroxyl groups excluding tert-OH is 1. The molecule has 1 heterocycles. The highest BCUT2D eigenvalue weighted by atomic mass is 16.5. The summed E-state index contributed by atoms with van der Waals surface area (Å²) >= 11 is 0. The number of carboxylic acids is 1. The Labute approximate surface area is 316 Å². The van der Waals surface area contributed by atoms with Crippen LogP contribution in [0.25, 0.3) is 22.5 Å². The van der Waals surface area contributed by atoms with E-state index >= 15 is 0 Å². The molecule has 0 aliphatic rings. The Morgan fingerprint density at radius 3 is 1.96 bits per heavy atom. The number of aryl methyl sites for hydroxylation is 1. The van der Waals surface area contributed by atoms with Crippen LogP contribution >= 0.6 is 0 Å². The van der Waals surface area contributed by atoms with Crippen molar-refractivity contribution in [1.29, 1.82) is 0 Å². The molecule has 0 saturated heterocycles. The number of nitrogens with zero attached hydrogens (tertiary/aromatic N) is 2. The molecule has 5 rings (SSSR count). The van der Waals surface area contributed by atoms with Crippen LogP contribution in [0, 0.1) is 0 Å². The maximum Gasteiger partial charge on any atom is 0.329 e. The summed E-state index contributed by atoms with van der Waals surface area (Å²) in [6.45, 7) is 4.93. The van der Waals surface area contributed by atoms with Gasteiger partial charge in [-0.05, 0) is 59.4 Å². The van der Waals surface area contributed by atoms with Gasteiger partial charge in [0.25, 0.3) is 5.91 Å². The number of unbranched alkanes of at least 4 members (excludes halogenated alkanes) is 4. The van der Waals surface area contributed by atoms with Gasteiger partial charge in [-0.3, -0.25) is 9.59 Å². The molecular weight excluding hydrogens is 681 g/mol. The first-order chi connectivity index (χ1) is 26.2. The second-order valence-electron chi connectivity index (χ2n) is 13.2. The molecule has 4 aromatic carbocycles. The predicted molar refractivity (Wildman–Crippen MR) is 209 cm³/mol. The summed E-state index contributed by atoms with van der Waals surface area (Å²) in [6, 6.07) is 27.7. The van der Waals surface area contributed by atoms with E-state index in [4.69, 9.17) is 4.74 Å². The molecule has 1 aromatic heterocycles. The van der Waals surface area contributed by atoms with E-state index in [1.54, 1.807) is 54.9 Å². The molecule has 0 fully saturated rings. The topological polar surface area (TPSA) is 151 Å². The van der Waals surface area contributed by atoms with Gasteiger partial charge in [-0.15, -0.1) is 0 Å². The largest absolute Gasteiger partial charge is 0.494 e. The molecule has 10 heteroatoms. The number of aliphatic hydroxyl groups is 1. The minimum atomic E-state index is -1.65.